The van der Waals surface area contributed by atoms with Crippen LogP contribution >= 0.6 is 11.8 Å². The van der Waals surface area contributed by atoms with Gasteiger partial charge in [-0.25, -0.2) is 9.89 Å². The highest BCUT2D eigenvalue weighted by atomic mass is 32.2. The summed E-state index contributed by atoms with van der Waals surface area (Å²) in [7, 11) is 0. The summed E-state index contributed by atoms with van der Waals surface area (Å²) >= 11 is 1.51. The van der Waals surface area contributed by atoms with E-state index in [0.717, 1.165) is 12.2 Å². The smallest absolute Gasteiger partial charge is 0.434 e. The van der Waals surface area contributed by atoms with Crippen molar-refractivity contribution in [3.05, 3.63) is 46.3 Å². The molecule has 1 heterocycles. The number of H-pyrrole nitrogens is 1. The van der Waals surface area contributed by atoms with Crippen LogP contribution in [0.1, 0.15) is 25.3 Å². The van der Waals surface area contributed by atoms with Crippen LogP contribution in [0, 0.1) is 0 Å². The third-order valence-electron chi connectivity index (χ3n) is 2.56. The van der Waals surface area contributed by atoms with E-state index in [9.17, 15) is 4.79 Å². The molecule has 1 aromatic heterocycles. The van der Waals surface area contributed by atoms with E-state index in [1.165, 1.54) is 17.3 Å². The molecule has 5 nitrogen and oxygen atoms in total. The molecule has 0 bridgehead atoms. The van der Waals surface area contributed by atoms with Crippen LogP contribution in [0.3, 0.4) is 0 Å². The Bertz CT molecular complexity index is 562. The van der Waals surface area contributed by atoms with Crippen LogP contribution in [0.2, 0.25) is 0 Å². The number of rotatable bonds is 6. The molecule has 1 N–H and O–H groups in total. The first kappa shape index (κ1) is 13.7. The Balaban J connectivity index is 1.83. The van der Waals surface area contributed by atoms with Gasteiger partial charge in [0.05, 0.1) is 5.75 Å². The number of thioether (sulfide) groups is 1. The Labute approximate surface area is 115 Å². The summed E-state index contributed by atoms with van der Waals surface area (Å²) in [5.41, 5.74) is 1.24. The van der Waals surface area contributed by atoms with Gasteiger partial charge in [0.1, 0.15) is 11.2 Å². The number of ether oxygens (including phenoxy) is 1. The van der Waals surface area contributed by atoms with Crippen molar-refractivity contribution >= 4 is 11.8 Å². The molecular formula is C13H16N2O3S. The van der Waals surface area contributed by atoms with Gasteiger partial charge in [-0.15, -0.1) is 16.9 Å². The van der Waals surface area contributed by atoms with Gasteiger partial charge < -0.3 is 9.15 Å². The standard InChI is InChI=1S/C13H16N2O3S/c1-3-10-4-6-11(7-5-10)17-9(2)19-8-12-14-15-13(16)18-12/h4-7,9H,3,8H2,1-2H3,(H,15,16). The quantitative estimate of drug-likeness (QED) is 0.824. The fraction of sp³-hybridized carbons (Fsp3) is 0.385. The van der Waals surface area contributed by atoms with Crippen molar-refractivity contribution in [2.75, 3.05) is 0 Å². The van der Waals surface area contributed by atoms with Crippen LogP contribution in [0.4, 0.5) is 0 Å². The topological polar surface area (TPSA) is 68.1 Å². The first-order chi connectivity index (χ1) is 9.17. The van der Waals surface area contributed by atoms with Crippen molar-refractivity contribution in [2.45, 2.75) is 31.5 Å². The van der Waals surface area contributed by atoms with Crippen LogP contribution in [0.15, 0.2) is 33.5 Å². The number of nitrogens with one attached hydrogen (secondary N) is 1. The summed E-state index contributed by atoms with van der Waals surface area (Å²) in [5, 5.41) is 5.97. The minimum Gasteiger partial charge on any atom is -0.480 e. The molecule has 6 heteroatoms. The van der Waals surface area contributed by atoms with Gasteiger partial charge in [-0.1, -0.05) is 19.1 Å². The first-order valence-electron chi connectivity index (χ1n) is 6.09. The van der Waals surface area contributed by atoms with Crippen LogP contribution < -0.4 is 10.5 Å². The zero-order chi connectivity index (χ0) is 13.7. The van der Waals surface area contributed by atoms with Gasteiger partial charge in [-0.05, 0) is 31.0 Å². The van der Waals surface area contributed by atoms with E-state index < -0.39 is 5.76 Å². The summed E-state index contributed by atoms with van der Waals surface area (Å²) in [6.45, 7) is 4.06. The molecule has 2 rings (SSSR count). The number of nitrogens with zero attached hydrogens (tertiary/aromatic N) is 1. The largest absolute Gasteiger partial charge is 0.480 e. The minimum absolute atomic E-state index is 0.0468. The van der Waals surface area contributed by atoms with Crippen molar-refractivity contribution < 1.29 is 9.15 Å². The first-order valence-corrected chi connectivity index (χ1v) is 7.14. The maximum absolute atomic E-state index is 10.8. The lowest BCUT2D eigenvalue weighted by Gasteiger charge is -2.13. The van der Waals surface area contributed by atoms with E-state index in [-0.39, 0.29) is 5.44 Å². The molecular weight excluding hydrogens is 264 g/mol. The van der Waals surface area contributed by atoms with E-state index in [0.29, 0.717) is 11.6 Å². The SMILES string of the molecule is CCc1ccc(OC(C)SCc2n[nH]c(=O)o2)cc1. The summed E-state index contributed by atoms with van der Waals surface area (Å²) < 4.78 is 10.6. The summed E-state index contributed by atoms with van der Waals surface area (Å²) in [5.74, 6) is 1.18. The molecule has 0 amide bonds. The Hall–Kier alpha value is -1.69. The molecule has 0 spiro atoms. The molecule has 1 aromatic carbocycles. The second-order valence-corrected chi connectivity index (χ2v) is 5.29. The lowest BCUT2D eigenvalue weighted by molar-refractivity contribution is 0.307. The van der Waals surface area contributed by atoms with E-state index in [1.54, 1.807) is 0 Å². The summed E-state index contributed by atoms with van der Waals surface area (Å²) in [6, 6.07) is 8.04. The fourth-order valence-corrected chi connectivity index (χ4v) is 2.22. The van der Waals surface area contributed by atoms with Crippen LogP contribution in [0.5, 0.6) is 5.75 Å². The van der Waals surface area contributed by atoms with E-state index in [2.05, 4.69) is 29.3 Å². The zero-order valence-corrected chi connectivity index (χ0v) is 11.7. The monoisotopic (exact) mass is 280 g/mol. The van der Waals surface area contributed by atoms with Gasteiger partial charge in [0.2, 0.25) is 5.89 Å². The molecule has 0 aliphatic carbocycles. The maximum atomic E-state index is 10.8. The second-order valence-electron chi connectivity index (χ2n) is 4.00. The van der Waals surface area contributed by atoms with Gasteiger partial charge >= 0.3 is 5.76 Å². The molecule has 2 aromatic rings. The molecule has 1 atom stereocenters. The molecule has 0 radical (unpaired) electrons. The van der Waals surface area contributed by atoms with E-state index in [1.807, 2.05) is 19.1 Å². The number of aromatic amines is 1. The third kappa shape index (κ3) is 4.17. The lowest BCUT2D eigenvalue weighted by atomic mass is 10.2. The van der Waals surface area contributed by atoms with Gasteiger partial charge in [-0.3, -0.25) is 0 Å². The average Bonchev–Trinajstić information content (AvgIpc) is 2.83. The molecule has 0 saturated heterocycles. The molecule has 0 aliphatic rings. The molecule has 0 aliphatic heterocycles. The number of hydrogen-bond acceptors (Lipinski definition) is 5. The number of aryl methyl sites for hydroxylation is 1. The normalized spacial score (nSPS) is 12.3. The average molecular weight is 280 g/mol. The predicted molar refractivity (Wildman–Crippen MR) is 74.3 cm³/mol. The Morgan fingerprint density at radius 3 is 2.74 bits per heavy atom. The Morgan fingerprint density at radius 1 is 1.42 bits per heavy atom. The van der Waals surface area contributed by atoms with Gasteiger partial charge in [0.25, 0.3) is 0 Å². The summed E-state index contributed by atoms with van der Waals surface area (Å²) in [4.78, 5) is 10.8. The number of aromatic nitrogens is 2. The van der Waals surface area contributed by atoms with E-state index >= 15 is 0 Å². The van der Waals surface area contributed by atoms with Gasteiger partial charge in [-0.2, -0.15) is 0 Å². The van der Waals surface area contributed by atoms with Crippen molar-refractivity contribution in [1.82, 2.24) is 10.2 Å². The van der Waals surface area contributed by atoms with Crippen molar-refractivity contribution in [2.24, 2.45) is 0 Å². The molecule has 0 fully saturated rings. The predicted octanol–water partition coefficient (Wildman–Crippen LogP) is 2.58. The van der Waals surface area contributed by atoms with Crippen LogP contribution in [-0.2, 0) is 12.2 Å². The highest BCUT2D eigenvalue weighted by Gasteiger charge is 2.08. The lowest BCUT2D eigenvalue weighted by Crippen LogP contribution is -2.07. The number of benzene rings is 1. The minimum atomic E-state index is -0.528. The highest BCUT2D eigenvalue weighted by Crippen LogP contribution is 2.21. The highest BCUT2D eigenvalue weighted by molar-refractivity contribution is 7.98. The Kier molecular flexibility index (Phi) is 4.68. The number of hydrogen-bond donors (Lipinski definition) is 1. The molecule has 102 valence electrons. The van der Waals surface area contributed by atoms with Crippen LogP contribution in [0.25, 0.3) is 0 Å². The molecule has 19 heavy (non-hydrogen) atoms. The van der Waals surface area contributed by atoms with Crippen molar-refractivity contribution in [1.29, 1.82) is 0 Å². The zero-order valence-electron chi connectivity index (χ0n) is 10.9. The van der Waals surface area contributed by atoms with Crippen molar-refractivity contribution in [3.8, 4) is 5.75 Å². The summed E-state index contributed by atoms with van der Waals surface area (Å²) in [6.07, 6.45) is 1.02. The van der Waals surface area contributed by atoms with E-state index in [4.69, 9.17) is 9.15 Å². The Morgan fingerprint density at radius 2 is 2.16 bits per heavy atom. The molecule has 0 saturated carbocycles. The third-order valence-corrected chi connectivity index (χ3v) is 3.54. The van der Waals surface area contributed by atoms with Gasteiger partial charge in [0, 0.05) is 0 Å². The van der Waals surface area contributed by atoms with Crippen molar-refractivity contribution in [3.63, 3.8) is 0 Å². The second kappa shape index (κ2) is 6.47. The van der Waals surface area contributed by atoms with Gasteiger partial charge in [0.15, 0.2) is 0 Å². The molecule has 1 unspecified atom stereocenters. The maximum Gasteiger partial charge on any atom is 0.434 e. The van der Waals surface area contributed by atoms with Crippen LogP contribution in [-0.4, -0.2) is 15.6 Å². The fourth-order valence-electron chi connectivity index (χ4n) is 1.54.